The zero-order valence-electron chi connectivity index (χ0n) is 15.1. The average molecular weight is 369 g/mol. The number of amides is 2. The topological polar surface area (TPSA) is 52.7 Å². The molecular weight excluding hydrogens is 346 g/mol. The summed E-state index contributed by atoms with van der Waals surface area (Å²) < 4.78 is 0. The van der Waals surface area contributed by atoms with Crippen LogP contribution in [0.25, 0.3) is 0 Å². The third-order valence-electron chi connectivity index (χ3n) is 5.40. The van der Waals surface area contributed by atoms with Crippen LogP contribution < -0.4 is 5.32 Å². The lowest BCUT2D eigenvalue weighted by atomic mass is 9.93. The molecule has 2 aliphatic rings. The maximum absolute atomic E-state index is 13.2. The van der Waals surface area contributed by atoms with Gasteiger partial charge in [-0.2, -0.15) is 0 Å². The van der Waals surface area contributed by atoms with Crippen LogP contribution >= 0.6 is 11.3 Å². The molecule has 0 bridgehead atoms. The van der Waals surface area contributed by atoms with Gasteiger partial charge in [0.1, 0.15) is 0 Å². The van der Waals surface area contributed by atoms with Crippen LogP contribution in [-0.2, 0) is 30.7 Å². The molecule has 0 saturated heterocycles. The Morgan fingerprint density at radius 2 is 1.92 bits per heavy atom. The second kappa shape index (κ2) is 6.85. The van der Waals surface area contributed by atoms with Gasteiger partial charge in [0.15, 0.2) is 0 Å². The van der Waals surface area contributed by atoms with Crippen molar-refractivity contribution in [2.75, 3.05) is 20.6 Å². The van der Waals surface area contributed by atoms with Gasteiger partial charge in [0, 0.05) is 31.6 Å². The highest BCUT2D eigenvalue weighted by molar-refractivity contribution is 7.14. The highest BCUT2D eigenvalue weighted by Gasteiger charge is 2.34. The van der Waals surface area contributed by atoms with E-state index in [9.17, 15) is 9.59 Å². The number of hydrogen-bond acceptors (Lipinski definition) is 4. The molecule has 2 amide bonds. The molecule has 3 heterocycles. The summed E-state index contributed by atoms with van der Waals surface area (Å²) in [5, 5.41) is 2.68. The molecule has 1 unspecified atom stereocenters. The summed E-state index contributed by atoms with van der Waals surface area (Å²) in [4.78, 5) is 31.1. The maximum atomic E-state index is 13.2. The molecule has 2 aromatic rings. The van der Waals surface area contributed by atoms with E-state index in [4.69, 9.17) is 0 Å². The number of likely N-dealkylation sites (N-methyl/N-ethyl adjacent to an activating group) is 1. The number of thiophene rings is 1. The first kappa shape index (κ1) is 17.2. The van der Waals surface area contributed by atoms with Crippen LogP contribution in [0.4, 0.5) is 0 Å². The fourth-order valence-electron chi connectivity index (χ4n) is 3.90. The van der Waals surface area contributed by atoms with Crippen molar-refractivity contribution < 1.29 is 9.59 Å². The summed E-state index contributed by atoms with van der Waals surface area (Å²) in [6, 6.07) is 10.2. The minimum absolute atomic E-state index is 0.0501. The molecule has 0 radical (unpaired) electrons. The lowest BCUT2D eigenvalue weighted by molar-refractivity contribution is -0.138. The Hall–Kier alpha value is -2.18. The number of fused-ring (bicyclic) bond motifs is 2. The van der Waals surface area contributed by atoms with Gasteiger partial charge < -0.3 is 10.2 Å². The van der Waals surface area contributed by atoms with Crippen molar-refractivity contribution >= 4 is 23.2 Å². The number of nitrogens with one attached hydrogen (secondary N) is 1. The number of carbonyl (C=O) groups excluding carboxylic acids is 2. The Morgan fingerprint density at radius 3 is 2.69 bits per heavy atom. The largest absolute Gasteiger partial charge is 0.354 e. The minimum Gasteiger partial charge on any atom is -0.354 e. The standard InChI is InChI=1S/C20H23N3O2S/c1-21-19(24)18-10-15-12-23(8-7-17(15)26-18)20(25)16-9-13-5-3-4-6-14(13)11-22(16)2/h3-6,10,16H,7-9,11-12H2,1-2H3,(H,21,24). The molecule has 0 aliphatic carbocycles. The highest BCUT2D eigenvalue weighted by Crippen LogP contribution is 2.30. The van der Waals surface area contributed by atoms with Crippen LogP contribution in [0.15, 0.2) is 30.3 Å². The normalized spacial score (nSPS) is 19.6. The van der Waals surface area contributed by atoms with E-state index < -0.39 is 0 Å². The average Bonchev–Trinajstić information content (AvgIpc) is 3.09. The molecule has 0 saturated carbocycles. The van der Waals surface area contributed by atoms with Crippen molar-refractivity contribution in [3.8, 4) is 0 Å². The Bertz CT molecular complexity index is 860. The van der Waals surface area contributed by atoms with Crippen molar-refractivity contribution in [3.63, 3.8) is 0 Å². The van der Waals surface area contributed by atoms with Gasteiger partial charge in [0.05, 0.1) is 10.9 Å². The molecule has 1 atom stereocenters. The Kier molecular flexibility index (Phi) is 4.54. The molecule has 6 heteroatoms. The molecular formula is C20H23N3O2S. The first-order chi connectivity index (χ1) is 12.6. The smallest absolute Gasteiger partial charge is 0.261 e. The van der Waals surface area contributed by atoms with Crippen molar-refractivity contribution in [2.24, 2.45) is 0 Å². The Balaban J connectivity index is 1.51. The second-order valence-electron chi connectivity index (χ2n) is 7.05. The summed E-state index contributed by atoms with van der Waals surface area (Å²) in [7, 11) is 3.68. The van der Waals surface area contributed by atoms with Crippen molar-refractivity contribution in [1.82, 2.24) is 15.1 Å². The molecule has 0 fully saturated rings. The lowest BCUT2D eigenvalue weighted by Gasteiger charge is -2.37. The Labute approximate surface area is 157 Å². The number of nitrogens with zero attached hydrogens (tertiary/aromatic N) is 2. The Morgan fingerprint density at radius 1 is 1.15 bits per heavy atom. The van der Waals surface area contributed by atoms with E-state index in [2.05, 4.69) is 28.4 Å². The van der Waals surface area contributed by atoms with E-state index in [0.717, 1.165) is 36.4 Å². The minimum atomic E-state index is -0.108. The van der Waals surface area contributed by atoms with Crippen molar-refractivity contribution in [1.29, 1.82) is 0 Å². The van der Waals surface area contributed by atoms with E-state index in [1.807, 2.05) is 24.1 Å². The number of rotatable bonds is 2. The van der Waals surface area contributed by atoms with Crippen molar-refractivity contribution in [3.05, 3.63) is 56.8 Å². The monoisotopic (exact) mass is 369 g/mol. The van der Waals surface area contributed by atoms with Crippen LogP contribution in [0, 0.1) is 0 Å². The van der Waals surface area contributed by atoms with Crippen LogP contribution in [0.3, 0.4) is 0 Å². The van der Waals surface area contributed by atoms with Gasteiger partial charge in [-0.15, -0.1) is 11.3 Å². The fraction of sp³-hybridized carbons (Fsp3) is 0.400. The summed E-state index contributed by atoms with van der Waals surface area (Å²) in [6.45, 7) is 2.14. The van der Waals surface area contributed by atoms with Gasteiger partial charge >= 0.3 is 0 Å². The van der Waals surface area contributed by atoms with Gasteiger partial charge in [-0.25, -0.2) is 0 Å². The molecule has 4 rings (SSSR count). The van der Waals surface area contributed by atoms with Gasteiger partial charge in [-0.05, 0) is 42.6 Å². The van der Waals surface area contributed by atoms with Crippen LogP contribution in [-0.4, -0.2) is 48.3 Å². The fourth-order valence-corrected chi connectivity index (χ4v) is 5.01. The van der Waals surface area contributed by atoms with E-state index in [0.29, 0.717) is 6.54 Å². The predicted molar refractivity (Wildman–Crippen MR) is 102 cm³/mol. The first-order valence-corrected chi connectivity index (χ1v) is 9.78. The van der Waals surface area contributed by atoms with E-state index in [1.54, 1.807) is 18.4 Å². The third-order valence-corrected chi connectivity index (χ3v) is 6.63. The van der Waals surface area contributed by atoms with Crippen LogP contribution in [0.5, 0.6) is 0 Å². The zero-order chi connectivity index (χ0) is 18.3. The molecule has 5 nitrogen and oxygen atoms in total. The number of hydrogen-bond donors (Lipinski definition) is 1. The summed E-state index contributed by atoms with van der Waals surface area (Å²) in [5.74, 6) is 0.145. The van der Waals surface area contributed by atoms with Gasteiger partial charge in [0.25, 0.3) is 5.91 Å². The van der Waals surface area contributed by atoms with Crippen LogP contribution in [0.1, 0.15) is 31.2 Å². The molecule has 0 spiro atoms. The highest BCUT2D eigenvalue weighted by atomic mass is 32.1. The zero-order valence-corrected chi connectivity index (χ0v) is 15.9. The maximum Gasteiger partial charge on any atom is 0.261 e. The number of carbonyl (C=O) groups is 2. The van der Waals surface area contributed by atoms with Crippen molar-refractivity contribution in [2.45, 2.75) is 32.0 Å². The molecule has 26 heavy (non-hydrogen) atoms. The summed E-state index contributed by atoms with van der Waals surface area (Å²) in [5.41, 5.74) is 3.71. The SMILES string of the molecule is CNC(=O)c1cc2c(s1)CCN(C(=O)C1Cc3ccccc3CN1C)C2. The van der Waals surface area contributed by atoms with Gasteiger partial charge in [-0.1, -0.05) is 24.3 Å². The van der Waals surface area contributed by atoms with E-state index in [1.165, 1.54) is 16.0 Å². The molecule has 2 aliphatic heterocycles. The lowest BCUT2D eigenvalue weighted by Crippen LogP contribution is -2.51. The van der Waals surface area contributed by atoms with Gasteiger partial charge in [-0.3, -0.25) is 14.5 Å². The first-order valence-electron chi connectivity index (χ1n) is 8.96. The molecule has 1 N–H and O–H groups in total. The van der Waals surface area contributed by atoms with Crippen LogP contribution in [0.2, 0.25) is 0 Å². The molecule has 1 aromatic carbocycles. The summed E-state index contributed by atoms with van der Waals surface area (Å²) in [6.07, 6.45) is 1.59. The van der Waals surface area contributed by atoms with Gasteiger partial charge in [0.2, 0.25) is 5.91 Å². The molecule has 136 valence electrons. The van der Waals surface area contributed by atoms with E-state index >= 15 is 0 Å². The predicted octanol–water partition coefficient (Wildman–Crippen LogP) is 2.05. The second-order valence-corrected chi connectivity index (χ2v) is 8.19. The molecule has 1 aromatic heterocycles. The third kappa shape index (κ3) is 3.04. The quantitative estimate of drug-likeness (QED) is 0.882. The number of benzene rings is 1. The van der Waals surface area contributed by atoms with E-state index in [-0.39, 0.29) is 17.9 Å². The summed E-state index contributed by atoms with van der Waals surface area (Å²) >= 11 is 1.55.